The van der Waals surface area contributed by atoms with E-state index in [0.29, 0.717) is 29.3 Å². The number of nitrogens with zero attached hydrogens (tertiary/aromatic N) is 2. The van der Waals surface area contributed by atoms with E-state index in [4.69, 9.17) is 37.8 Å². The number of aryl methyl sites for hydroxylation is 1. The first-order valence-electron chi connectivity index (χ1n) is 17.8. The average molecular weight is 796 g/mol. The summed E-state index contributed by atoms with van der Waals surface area (Å²) in [6.07, 6.45) is 3.01. The van der Waals surface area contributed by atoms with Crippen LogP contribution in [-0.2, 0) is 38.0 Å². The van der Waals surface area contributed by atoms with Crippen molar-refractivity contribution in [3.05, 3.63) is 81.6 Å². The largest absolute Gasteiger partial charge is 0.490 e. The Morgan fingerprint density at radius 2 is 1.66 bits per heavy atom. The number of pyridine rings is 1. The van der Waals surface area contributed by atoms with E-state index in [-0.39, 0.29) is 31.4 Å². The Labute approximate surface area is 320 Å². The lowest BCUT2D eigenvalue weighted by atomic mass is 9.96. The van der Waals surface area contributed by atoms with Crippen LogP contribution in [0.5, 0.6) is 5.75 Å². The number of rotatable bonds is 21. The van der Waals surface area contributed by atoms with Gasteiger partial charge in [-0.15, -0.1) is 0 Å². The normalized spacial score (nSPS) is 17.5. The number of amides is 1. The number of unbranched alkanes of at least 4 members (excludes halogenated alkanes) is 1. The topological polar surface area (TPSA) is 187 Å². The van der Waals surface area contributed by atoms with Gasteiger partial charge in [0, 0.05) is 59.3 Å². The van der Waals surface area contributed by atoms with E-state index in [9.17, 15) is 33.6 Å². The zero-order chi connectivity index (χ0) is 38.3. The third-order valence-electron chi connectivity index (χ3n) is 9.64. The molecule has 5 N–H and O–H groups in total. The van der Waals surface area contributed by atoms with Crippen molar-refractivity contribution in [1.82, 2.24) is 9.88 Å². The lowest BCUT2D eigenvalue weighted by molar-refractivity contribution is -0.139. The third kappa shape index (κ3) is 11.3. The van der Waals surface area contributed by atoms with E-state index in [1.807, 2.05) is 30.5 Å². The number of sulfone groups is 1. The quantitative estimate of drug-likeness (QED) is 0.0988. The molecule has 2 saturated carbocycles. The summed E-state index contributed by atoms with van der Waals surface area (Å²) in [5.74, 6) is 0.0170. The maximum atomic E-state index is 13.1. The molecule has 53 heavy (non-hydrogen) atoms. The maximum absolute atomic E-state index is 13.1. The van der Waals surface area contributed by atoms with Crippen LogP contribution in [0.25, 0.3) is 11.1 Å². The summed E-state index contributed by atoms with van der Waals surface area (Å²) in [4.78, 5) is 18.6. The van der Waals surface area contributed by atoms with E-state index in [2.05, 4.69) is 11.1 Å². The van der Waals surface area contributed by atoms with Crippen molar-refractivity contribution in [2.75, 3.05) is 31.7 Å². The minimum Gasteiger partial charge on any atom is -0.490 e. The number of carbonyl (C=O) groups excluding carboxylic acids is 1. The van der Waals surface area contributed by atoms with E-state index in [1.165, 1.54) is 0 Å². The molecular weight excluding hydrogens is 747 g/mol. The van der Waals surface area contributed by atoms with Gasteiger partial charge in [0.05, 0.1) is 30.7 Å². The molecule has 4 atom stereocenters. The summed E-state index contributed by atoms with van der Waals surface area (Å²) in [7, 11) is -3.46. The Kier molecular flexibility index (Phi) is 14.2. The van der Waals surface area contributed by atoms with Gasteiger partial charge < -0.3 is 39.9 Å². The van der Waals surface area contributed by atoms with Gasteiger partial charge in [-0.25, -0.2) is 8.42 Å². The second-order valence-corrected chi connectivity index (χ2v) is 17.1. The number of benzene rings is 2. The number of halogens is 2. The van der Waals surface area contributed by atoms with E-state index in [1.54, 1.807) is 18.3 Å². The molecule has 15 heteroatoms. The lowest BCUT2D eigenvalue weighted by Gasteiger charge is -2.30. The van der Waals surface area contributed by atoms with Gasteiger partial charge in [0.25, 0.3) is 0 Å². The summed E-state index contributed by atoms with van der Waals surface area (Å²) in [5, 5.41) is 50.2. The van der Waals surface area contributed by atoms with Crippen LogP contribution in [0.15, 0.2) is 54.9 Å². The Morgan fingerprint density at radius 1 is 0.981 bits per heavy atom. The van der Waals surface area contributed by atoms with Crippen molar-refractivity contribution in [3.63, 3.8) is 0 Å². The van der Waals surface area contributed by atoms with E-state index in [0.717, 1.165) is 70.4 Å². The van der Waals surface area contributed by atoms with Crippen molar-refractivity contribution in [3.8, 4) is 16.9 Å². The number of hydrogen-bond acceptors (Lipinski definition) is 11. The highest BCUT2D eigenvalue weighted by molar-refractivity contribution is 7.90. The maximum Gasteiger partial charge on any atom is 0.222 e. The van der Waals surface area contributed by atoms with Gasteiger partial charge in [-0.1, -0.05) is 41.4 Å². The Balaban J connectivity index is 1.17. The molecule has 0 spiro atoms. The molecule has 5 rings (SSSR count). The van der Waals surface area contributed by atoms with E-state index >= 15 is 0 Å². The molecule has 290 valence electrons. The first-order chi connectivity index (χ1) is 25.2. The Bertz CT molecular complexity index is 1820. The summed E-state index contributed by atoms with van der Waals surface area (Å²) in [6, 6.07) is 13.6. The Hall–Kier alpha value is -2.85. The minimum atomic E-state index is -3.46. The zero-order valence-corrected chi connectivity index (χ0v) is 31.9. The molecule has 3 aromatic rings. The summed E-state index contributed by atoms with van der Waals surface area (Å²) in [6.45, 7) is -1.34. The molecule has 1 aromatic heterocycles. The van der Waals surface area contributed by atoms with Gasteiger partial charge >= 0.3 is 0 Å². The zero-order valence-electron chi connectivity index (χ0n) is 29.6. The van der Waals surface area contributed by atoms with Crippen LogP contribution in [0, 0.1) is 0 Å². The summed E-state index contributed by atoms with van der Waals surface area (Å²) in [5.41, 5.74) is 4.05. The highest BCUT2D eigenvalue weighted by Gasteiger charge is 2.48. The van der Waals surface area contributed by atoms with Crippen molar-refractivity contribution in [2.24, 2.45) is 0 Å². The fourth-order valence-electron chi connectivity index (χ4n) is 6.14. The number of hydrogen-bond donors (Lipinski definition) is 5. The molecule has 0 aliphatic heterocycles. The molecular formula is C38H48Cl2N2O10S. The number of aromatic nitrogens is 1. The predicted molar refractivity (Wildman–Crippen MR) is 200 cm³/mol. The van der Waals surface area contributed by atoms with Crippen LogP contribution in [0.3, 0.4) is 0 Å². The second-order valence-electron chi connectivity index (χ2n) is 14.0. The standard InChI is InChI=1S/C38H48Cl2N2O10S/c1-53(49,50)17-16-42(21-32(44)36(47)37(48)33(45)22-43)35(46)9-5-2-6-24-18-31(40)25(19-30(24)39)23-51-38(13-14-38)29-20-41-15-12-27(29)28-7-3-4-8-34(28)52-26-10-11-26/h3-4,7-8,12,15,18-20,26,32-33,36-37,43-45,47-48H,2,5-6,9-11,13-14,16-17,21-23H2,1H3. The van der Waals surface area contributed by atoms with Crippen LogP contribution in [-0.4, -0.2) is 112 Å². The fourth-order valence-corrected chi connectivity index (χ4v) is 7.22. The van der Waals surface area contributed by atoms with Crippen molar-refractivity contribution < 1.29 is 48.2 Å². The number of aliphatic hydroxyl groups excluding tert-OH is 5. The van der Waals surface area contributed by atoms with Crippen LogP contribution in [0.2, 0.25) is 10.0 Å². The number of para-hydroxylation sites is 1. The monoisotopic (exact) mass is 794 g/mol. The SMILES string of the molecule is CS(=O)(=O)CCN(CC(O)C(O)C(O)C(O)CO)C(=O)CCCCc1cc(Cl)c(COC2(c3cnccc3-c3ccccc3OC3CC3)CC2)cc1Cl. The highest BCUT2D eigenvalue weighted by Crippen LogP contribution is 2.53. The first-order valence-corrected chi connectivity index (χ1v) is 20.6. The van der Waals surface area contributed by atoms with Crippen LogP contribution >= 0.6 is 23.2 Å². The molecule has 1 heterocycles. The van der Waals surface area contributed by atoms with Crippen LogP contribution < -0.4 is 4.74 Å². The van der Waals surface area contributed by atoms with Crippen molar-refractivity contribution >= 4 is 38.9 Å². The molecule has 2 fully saturated rings. The fraction of sp³-hybridized carbons (Fsp3) is 0.526. The molecule has 1 amide bonds. The third-order valence-corrected chi connectivity index (χ3v) is 11.3. The smallest absolute Gasteiger partial charge is 0.222 e. The van der Waals surface area contributed by atoms with Crippen LogP contribution in [0.4, 0.5) is 0 Å². The predicted octanol–water partition coefficient (Wildman–Crippen LogP) is 3.82. The van der Waals surface area contributed by atoms with Crippen LogP contribution in [0.1, 0.15) is 61.6 Å². The van der Waals surface area contributed by atoms with Gasteiger partial charge in [-0.3, -0.25) is 9.78 Å². The second kappa shape index (κ2) is 18.2. The number of carbonyl (C=O) groups is 1. The summed E-state index contributed by atoms with van der Waals surface area (Å²) >= 11 is 13.4. The molecule has 2 aromatic carbocycles. The van der Waals surface area contributed by atoms with Gasteiger partial charge in [0.15, 0.2) is 0 Å². The summed E-state index contributed by atoms with van der Waals surface area (Å²) < 4.78 is 36.4. The lowest BCUT2D eigenvalue weighted by Crippen LogP contribution is -2.51. The highest BCUT2D eigenvalue weighted by atomic mass is 35.5. The number of aliphatic hydroxyl groups is 5. The van der Waals surface area contributed by atoms with Gasteiger partial charge in [-0.05, 0) is 85.9 Å². The first kappa shape index (κ1) is 41.3. The molecule has 0 radical (unpaired) electrons. The molecule has 0 saturated heterocycles. The molecule has 2 aliphatic carbocycles. The van der Waals surface area contributed by atoms with Gasteiger partial charge in [0.1, 0.15) is 40.0 Å². The minimum absolute atomic E-state index is 0.0151. The number of ether oxygens (including phenoxy) is 2. The van der Waals surface area contributed by atoms with Gasteiger partial charge in [0.2, 0.25) is 5.91 Å². The molecule has 12 nitrogen and oxygen atoms in total. The molecule has 0 bridgehead atoms. The van der Waals surface area contributed by atoms with Crippen molar-refractivity contribution in [1.29, 1.82) is 0 Å². The van der Waals surface area contributed by atoms with Crippen molar-refractivity contribution in [2.45, 2.75) is 94.1 Å². The Morgan fingerprint density at radius 3 is 2.34 bits per heavy atom. The van der Waals surface area contributed by atoms with Gasteiger partial charge in [-0.2, -0.15) is 0 Å². The molecule has 4 unspecified atom stereocenters. The average Bonchev–Trinajstić information content (AvgIpc) is 4.09. The molecule has 2 aliphatic rings. The van der Waals surface area contributed by atoms with E-state index < -0.39 is 58.9 Å².